The molecule has 1 aromatic carbocycles. The first-order chi connectivity index (χ1) is 13.1. The van der Waals surface area contributed by atoms with Crippen molar-refractivity contribution in [3.63, 3.8) is 0 Å². The van der Waals surface area contributed by atoms with Gasteiger partial charge in [-0.2, -0.15) is 0 Å². The number of amides is 2. The van der Waals surface area contributed by atoms with E-state index < -0.39 is 5.41 Å². The van der Waals surface area contributed by atoms with Gasteiger partial charge in [-0.15, -0.1) is 0 Å². The summed E-state index contributed by atoms with van der Waals surface area (Å²) in [7, 11) is 0. The molecule has 2 amide bonds. The lowest BCUT2D eigenvalue weighted by Crippen LogP contribution is -2.51. The van der Waals surface area contributed by atoms with Crippen LogP contribution < -0.4 is 5.56 Å². The van der Waals surface area contributed by atoms with Gasteiger partial charge in [-0.1, -0.05) is 18.2 Å². The van der Waals surface area contributed by atoms with Crippen LogP contribution in [0.25, 0.3) is 10.8 Å². The predicted octanol–water partition coefficient (Wildman–Crippen LogP) is 0.975. The Morgan fingerprint density at radius 1 is 1.15 bits per heavy atom. The molecular formula is C20H23N3O4. The number of carbonyl (C=O) groups excluding carboxylic acids is 2. The highest BCUT2D eigenvalue weighted by Crippen LogP contribution is 2.40. The molecule has 0 bridgehead atoms. The van der Waals surface area contributed by atoms with Crippen LogP contribution >= 0.6 is 0 Å². The van der Waals surface area contributed by atoms with E-state index in [1.54, 1.807) is 34.1 Å². The summed E-state index contributed by atoms with van der Waals surface area (Å²) in [5, 5.41) is 10.3. The van der Waals surface area contributed by atoms with Crippen LogP contribution in [0.4, 0.5) is 0 Å². The van der Waals surface area contributed by atoms with E-state index in [2.05, 4.69) is 4.98 Å². The topological polar surface area (TPSA) is 93.7 Å². The molecule has 2 fully saturated rings. The van der Waals surface area contributed by atoms with Crippen molar-refractivity contribution < 1.29 is 14.7 Å². The van der Waals surface area contributed by atoms with E-state index in [0.717, 1.165) is 12.8 Å². The standard InChI is InChI=1S/C20H23N3O4/c24-11-10-22-8-3-6-20(19(22)27)7-9-23(13-20)18(26)16-12-21-17(25)15-5-2-1-4-14(15)16/h1-2,4-5,12,24H,3,6-11,13H2,(H,21,25). The van der Waals surface area contributed by atoms with Crippen LogP contribution in [-0.4, -0.2) is 64.5 Å². The Hall–Kier alpha value is -2.67. The molecule has 1 spiro atoms. The molecule has 1 atom stereocenters. The number of β-amino-alcohol motifs (C(OH)–C–C–N with tert-alkyl or cyclic N) is 1. The fourth-order valence-electron chi connectivity index (χ4n) is 4.47. The number of nitrogens with zero attached hydrogens (tertiary/aromatic N) is 2. The number of aliphatic hydroxyl groups excluding tert-OH is 1. The van der Waals surface area contributed by atoms with E-state index in [0.29, 0.717) is 48.9 Å². The van der Waals surface area contributed by atoms with Crippen LogP contribution in [-0.2, 0) is 4.79 Å². The summed E-state index contributed by atoms with van der Waals surface area (Å²) >= 11 is 0. The highest BCUT2D eigenvalue weighted by molar-refractivity contribution is 6.06. The molecule has 27 heavy (non-hydrogen) atoms. The van der Waals surface area contributed by atoms with Gasteiger partial charge in [0.05, 0.1) is 17.6 Å². The molecule has 2 N–H and O–H groups in total. The number of benzene rings is 1. The van der Waals surface area contributed by atoms with Gasteiger partial charge < -0.3 is 19.9 Å². The molecule has 2 saturated heterocycles. The van der Waals surface area contributed by atoms with E-state index in [-0.39, 0.29) is 24.0 Å². The molecule has 7 heteroatoms. The van der Waals surface area contributed by atoms with E-state index in [4.69, 9.17) is 0 Å². The lowest BCUT2D eigenvalue weighted by atomic mass is 9.78. The molecule has 2 aliphatic heterocycles. The SMILES string of the molecule is O=C(c1c[nH]c(=O)c2ccccc12)N1CCC2(CCCN(CCO)C2=O)C1. The zero-order valence-electron chi connectivity index (χ0n) is 15.1. The number of carbonyl (C=O) groups is 2. The zero-order chi connectivity index (χ0) is 19.0. The Labute approximate surface area is 156 Å². The highest BCUT2D eigenvalue weighted by Gasteiger charge is 2.49. The number of fused-ring (bicyclic) bond motifs is 1. The van der Waals surface area contributed by atoms with Gasteiger partial charge in [0.25, 0.3) is 11.5 Å². The molecule has 142 valence electrons. The lowest BCUT2D eigenvalue weighted by molar-refractivity contribution is -0.146. The second-order valence-electron chi connectivity index (χ2n) is 7.45. The Morgan fingerprint density at radius 2 is 1.93 bits per heavy atom. The van der Waals surface area contributed by atoms with E-state index >= 15 is 0 Å². The third kappa shape index (κ3) is 2.92. The third-order valence-corrected chi connectivity index (χ3v) is 5.88. The minimum atomic E-state index is -0.541. The summed E-state index contributed by atoms with van der Waals surface area (Å²) in [5.41, 5.74) is -0.305. The largest absolute Gasteiger partial charge is 0.395 e. The molecule has 0 saturated carbocycles. The van der Waals surface area contributed by atoms with E-state index in [1.165, 1.54) is 6.20 Å². The summed E-state index contributed by atoms with van der Waals surface area (Å²) < 4.78 is 0. The van der Waals surface area contributed by atoms with Gasteiger partial charge in [-0.25, -0.2) is 0 Å². The normalized spacial score (nSPS) is 22.8. The van der Waals surface area contributed by atoms with Crippen molar-refractivity contribution in [3.8, 4) is 0 Å². The fourth-order valence-corrected chi connectivity index (χ4v) is 4.47. The first-order valence-corrected chi connectivity index (χ1v) is 9.36. The monoisotopic (exact) mass is 369 g/mol. The summed E-state index contributed by atoms with van der Waals surface area (Å²) in [6.07, 6.45) is 3.76. The summed E-state index contributed by atoms with van der Waals surface area (Å²) in [6, 6.07) is 7.06. The van der Waals surface area contributed by atoms with Crippen molar-refractivity contribution >= 4 is 22.6 Å². The maximum absolute atomic E-state index is 13.2. The number of aliphatic hydroxyl groups is 1. The number of nitrogens with one attached hydrogen (secondary N) is 1. The van der Waals surface area contributed by atoms with Crippen LogP contribution in [0, 0.1) is 5.41 Å². The molecule has 1 aromatic heterocycles. The Morgan fingerprint density at radius 3 is 2.70 bits per heavy atom. The van der Waals surface area contributed by atoms with Crippen molar-refractivity contribution in [2.24, 2.45) is 5.41 Å². The number of H-pyrrole nitrogens is 1. The van der Waals surface area contributed by atoms with Crippen LogP contribution in [0.2, 0.25) is 0 Å². The minimum absolute atomic E-state index is 0.0458. The zero-order valence-corrected chi connectivity index (χ0v) is 15.1. The second kappa shape index (κ2) is 6.81. The second-order valence-corrected chi connectivity index (χ2v) is 7.45. The molecule has 2 aliphatic rings. The molecule has 2 aromatic rings. The summed E-state index contributed by atoms with van der Waals surface area (Å²) in [5.74, 6) is -0.115. The van der Waals surface area contributed by atoms with Crippen LogP contribution in [0.1, 0.15) is 29.6 Å². The average Bonchev–Trinajstić information content (AvgIpc) is 3.11. The number of rotatable bonds is 3. The number of aromatic nitrogens is 1. The number of piperidine rings is 1. The first kappa shape index (κ1) is 17.7. The number of pyridine rings is 1. The number of aromatic amines is 1. The fraction of sp³-hybridized carbons (Fsp3) is 0.450. The third-order valence-electron chi connectivity index (χ3n) is 5.88. The maximum Gasteiger partial charge on any atom is 0.256 e. The molecule has 3 heterocycles. The Kier molecular flexibility index (Phi) is 4.47. The van der Waals surface area contributed by atoms with Crippen molar-refractivity contribution in [2.75, 3.05) is 32.8 Å². The van der Waals surface area contributed by atoms with Gasteiger partial charge in [0.1, 0.15) is 0 Å². The lowest BCUT2D eigenvalue weighted by Gasteiger charge is -2.39. The van der Waals surface area contributed by atoms with Crippen molar-refractivity contribution in [1.29, 1.82) is 0 Å². The van der Waals surface area contributed by atoms with Gasteiger partial charge in [0.15, 0.2) is 0 Å². The van der Waals surface area contributed by atoms with E-state index in [1.807, 2.05) is 0 Å². The highest BCUT2D eigenvalue weighted by atomic mass is 16.3. The van der Waals surface area contributed by atoms with Gasteiger partial charge >= 0.3 is 0 Å². The van der Waals surface area contributed by atoms with Crippen molar-refractivity contribution in [2.45, 2.75) is 19.3 Å². The molecular weight excluding hydrogens is 346 g/mol. The average molecular weight is 369 g/mol. The number of hydrogen-bond acceptors (Lipinski definition) is 4. The smallest absolute Gasteiger partial charge is 0.256 e. The minimum Gasteiger partial charge on any atom is -0.395 e. The Balaban J connectivity index is 1.61. The van der Waals surface area contributed by atoms with Crippen molar-refractivity contribution in [3.05, 3.63) is 46.4 Å². The van der Waals surface area contributed by atoms with Gasteiger partial charge in [0.2, 0.25) is 5.91 Å². The summed E-state index contributed by atoms with van der Waals surface area (Å²) in [6.45, 7) is 1.87. The molecule has 7 nitrogen and oxygen atoms in total. The first-order valence-electron chi connectivity index (χ1n) is 9.36. The van der Waals surface area contributed by atoms with Crippen LogP contribution in [0.3, 0.4) is 0 Å². The van der Waals surface area contributed by atoms with Crippen molar-refractivity contribution in [1.82, 2.24) is 14.8 Å². The molecule has 4 rings (SSSR count). The molecule has 1 unspecified atom stereocenters. The van der Waals surface area contributed by atoms with Gasteiger partial charge in [0, 0.05) is 43.1 Å². The number of hydrogen-bond donors (Lipinski definition) is 2. The van der Waals surface area contributed by atoms with Crippen LogP contribution in [0.5, 0.6) is 0 Å². The summed E-state index contributed by atoms with van der Waals surface area (Å²) in [4.78, 5) is 44.2. The number of likely N-dealkylation sites (tertiary alicyclic amines) is 2. The quantitative estimate of drug-likeness (QED) is 0.843. The van der Waals surface area contributed by atoms with E-state index in [9.17, 15) is 19.5 Å². The molecule has 0 aliphatic carbocycles. The van der Waals surface area contributed by atoms with Gasteiger partial charge in [-0.3, -0.25) is 14.4 Å². The van der Waals surface area contributed by atoms with Gasteiger partial charge in [-0.05, 0) is 25.3 Å². The molecule has 0 radical (unpaired) electrons. The Bertz CT molecular complexity index is 952. The van der Waals surface area contributed by atoms with Crippen LogP contribution in [0.15, 0.2) is 35.3 Å². The maximum atomic E-state index is 13.2. The predicted molar refractivity (Wildman–Crippen MR) is 100 cm³/mol.